The third-order valence-corrected chi connectivity index (χ3v) is 5.02. The van der Waals surface area contributed by atoms with Gasteiger partial charge in [-0.3, -0.25) is 4.79 Å². The zero-order valence-electron chi connectivity index (χ0n) is 15.5. The van der Waals surface area contributed by atoms with Gasteiger partial charge in [-0.25, -0.2) is 4.98 Å². The minimum absolute atomic E-state index is 0.0235. The smallest absolute Gasteiger partial charge is 0.251 e. The fourth-order valence-corrected chi connectivity index (χ4v) is 3.46. The average Bonchev–Trinajstić information content (AvgIpc) is 2.70. The van der Waals surface area contributed by atoms with Crippen LogP contribution in [0.15, 0.2) is 60.7 Å². The maximum atomic E-state index is 12.2. The summed E-state index contributed by atoms with van der Waals surface area (Å²) in [5, 5.41) is 14.0. The lowest BCUT2D eigenvalue weighted by Gasteiger charge is -2.41. The van der Waals surface area contributed by atoms with Crippen molar-refractivity contribution in [3.8, 4) is 5.75 Å². The molecule has 1 aliphatic rings. The Labute approximate surface area is 163 Å². The van der Waals surface area contributed by atoms with E-state index < -0.39 is 5.60 Å². The monoisotopic (exact) mass is 377 g/mol. The Hall–Kier alpha value is -2.96. The number of carbonyl (C=O) groups is 1. The van der Waals surface area contributed by atoms with E-state index in [-0.39, 0.29) is 18.5 Å². The largest absolute Gasteiger partial charge is 0.487 e. The summed E-state index contributed by atoms with van der Waals surface area (Å²) in [7, 11) is 0. The number of nitrogens with one attached hydrogen (secondary N) is 1. The summed E-state index contributed by atoms with van der Waals surface area (Å²) in [4.78, 5) is 16.8. The predicted molar refractivity (Wildman–Crippen MR) is 107 cm³/mol. The number of hydrogen-bond donors (Lipinski definition) is 3. The van der Waals surface area contributed by atoms with Crippen LogP contribution in [-0.4, -0.2) is 34.2 Å². The molecule has 144 valence electrons. The van der Waals surface area contributed by atoms with Crippen LogP contribution in [0, 0.1) is 0 Å². The lowest BCUT2D eigenvalue weighted by atomic mass is 9.76. The highest BCUT2D eigenvalue weighted by atomic mass is 16.5. The molecule has 1 saturated carbocycles. The van der Waals surface area contributed by atoms with E-state index in [4.69, 9.17) is 10.5 Å². The van der Waals surface area contributed by atoms with Crippen molar-refractivity contribution in [1.82, 2.24) is 10.3 Å². The van der Waals surface area contributed by atoms with Gasteiger partial charge in [0.2, 0.25) is 0 Å². The number of aliphatic hydroxyl groups is 1. The van der Waals surface area contributed by atoms with E-state index in [1.165, 1.54) is 0 Å². The number of hydrogen-bond acceptors (Lipinski definition) is 5. The van der Waals surface area contributed by atoms with Crippen molar-refractivity contribution in [3.05, 3.63) is 71.9 Å². The molecule has 1 fully saturated rings. The van der Waals surface area contributed by atoms with Crippen LogP contribution < -0.4 is 15.8 Å². The second-order valence-corrected chi connectivity index (χ2v) is 7.38. The minimum Gasteiger partial charge on any atom is -0.487 e. The van der Waals surface area contributed by atoms with Crippen LogP contribution in [-0.2, 0) is 6.61 Å². The second-order valence-electron chi connectivity index (χ2n) is 7.38. The molecule has 6 nitrogen and oxygen atoms in total. The van der Waals surface area contributed by atoms with Gasteiger partial charge in [-0.15, -0.1) is 0 Å². The number of benzene rings is 2. The molecule has 6 heteroatoms. The van der Waals surface area contributed by atoms with E-state index in [0.717, 1.165) is 16.6 Å². The van der Waals surface area contributed by atoms with Gasteiger partial charge in [0.15, 0.2) is 0 Å². The second kappa shape index (κ2) is 7.58. The molecule has 0 saturated heterocycles. The molecule has 4 rings (SSSR count). The van der Waals surface area contributed by atoms with E-state index in [2.05, 4.69) is 10.3 Å². The van der Waals surface area contributed by atoms with Crippen LogP contribution >= 0.6 is 0 Å². The molecular weight excluding hydrogens is 354 g/mol. The van der Waals surface area contributed by atoms with Gasteiger partial charge in [0, 0.05) is 23.5 Å². The van der Waals surface area contributed by atoms with Crippen molar-refractivity contribution in [2.24, 2.45) is 5.73 Å². The highest BCUT2D eigenvalue weighted by Crippen LogP contribution is 2.29. The summed E-state index contributed by atoms with van der Waals surface area (Å²) in [6.45, 7) is 0.565. The minimum atomic E-state index is -0.870. The van der Waals surface area contributed by atoms with Crippen LogP contribution in [0.3, 0.4) is 0 Å². The van der Waals surface area contributed by atoms with Crippen molar-refractivity contribution in [3.63, 3.8) is 0 Å². The zero-order chi connectivity index (χ0) is 19.6. The van der Waals surface area contributed by atoms with Gasteiger partial charge in [-0.2, -0.15) is 0 Å². The molecule has 1 aromatic heterocycles. The Kier molecular flexibility index (Phi) is 4.98. The first kappa shape index (κ1) is 18.4. The van der Waals surface area contributed by atoms with Crippen LogP contribution in [0.25, 0.3) is 10.9 Å². The molecule has 1 amide bonds. The highest BCUT2D eigenvalue weighted by Gasteiger charge is 2.40. The number of rotatable bonds is 6. The molecule has 0 spiro atoms. The third kappa shape index (κ3) is 4.13. The summed E-state index contributed by atoms with van der Waals surface area (Å²) < 4.78 is 5.78. The zero-order valence-corrected chi connectivity index (χ0v) is 15.5. The lowest BCUT2D eigenvalue weighted by Crippen LogP contribution is -2.57. The van der Waals surface area contributed by atoms with Gasteiger partial charge in [-0.05, 0) is 49.2 Å². The molecular formula is C22H23N3O3. The first-order valence-corrected chi connectivity index (χ1v) is 9.34. The number of amides is 1. The molecule has 0 bridgehead atoms. The maximum absolute atomic E-state index is 12.2. The van der Waals surface area contributed by atoms with Gasteiger partial charge >= 0.3 is 0 Å². The Balaban J connectivity index is 1.31. The molecule has 1 aliphatic carbocycles. The normalized spacial score (nSPS) is 21.1. The topological polar surface area (TPSA) is 97.5 Å². The molecule has 4 N–H and O–H groups in total. The molecule has 0 aliphatic heterocycles. The van der Waals surface area contributed by atoms with Gasteiger partial charge in [0.1, 0.15) is 12.4 Å². The van der Waals surface area contributed by atoms with E-state index in [1.807, 2.05) is 36.4 Å². The van der Waals surface area contributed by atoms with Crippen LogP contribution in [0.4, 0.5) is 0 Å². The fraction of sp³-hybridized carbons (Fsp3) is 0.273. The SMILES string of the molecule is NC1CC(O)(CNC(=O)c2ccc(OCc3ccc4ccccc4n3)cc2)C1. The van der Waals surface area contributed by atoms with Crippen molar-refractivity contribution >= 4 is 16.8 Å². The third-order valence-electron chi connectivity index (χ3n) is 5.02. The lowest BCUT2D eigenvalue weighted by molar-refractivity contribution is -0.0430. The summed E-state index contributed by atoms with van der Waals surface area (Å²) in [6, 6.07) is 18.8. The van der Waals surface area contributed by atoms with Crippen molar-refractivity contribution in [2.75, 3.05) is 6.54 Å². The fourth-order valence-electron chi connectivity index (χ4n) is 3.46. The molecule has 28 heavy (non-hydrogen) atoms. The molecule has 1 heterocycles. The van der Waals surface area contributed by atoms with Crippen molar-refractivity contribution in [2.45, 2.75) is 31.1 Å². The standard InChI is InChI=1S/C22H23N3O3/c23-17-11-22(27,12-17)14-24-21(26)16-6-9-19(10-7-16)28-13-18-8-5-15-3-1-2-4-20(15)25-18/h1-10,17,27H,11-14,23H2,(H,24,26). The number of ether oxygens (including phenoxy) is 1. The Morgan fingerprint density at radius 3 is 2.64 bits per heavy atom. The first-order chi connectivity index (χ1) is 13.5. The number of nitrogens with two attached hydrogens (primary N) is 1. The molecule has 0 unspecified atom stereocenters. The van der Waals surface area contributed by atoms with Crippen LogP contribution in [0.1, 0.15) is 28.9 Å². The number of aromatic nitrogens is 1. The van der Waals surface area contributed by atoms with Crippen LogP contribution in [0.5, 0.6) is 5.75 Å². The average molecular weight is 377 g/mol. The van der Waals surface area contributed by atoms with Crippen molar-refractivity contribution in [1.29, 1.82) is 0 Å². The van der Waals surface area contributed by atoms with E-state index in [0.29, 0.717) is 30.8 Å². The summed E-state index contributed by atoms with van der Waals surface area (Å²) in [6.07, 6.45) is 1.03. The first-order valence-electron chi connectivity index (χ1n) is 9.34. The number of pyridine rings is 1. The molecule has 2 aromatic carbocycles. The highest BCUT2D eigenvalue weighted by molar-refractivity contribution is 5.94. The van der Waals surface area contributed by atoms with Crippen LogP contribution in [0.2, 0.25) is 0 Å². The molecule has 0 atom stereocenters. The van der Waals surface area contributed by atoms with Gasteiger partial charge in [-0.1, -0.05) is 24.3 Å². The maximum Gasteiger partial charge on any atom is 0.251 e. The quantitative estimate of drug-likeness (QED) is 0.613. The van der Waals surface area contributed by atoms with E-state index in [1.54, 1.807) is 24.3 Å². The Bertz CT molecular complexity index is 982. The Morgan fingerprint density at radius 1 is 1.14 bits per heavy atom. The van der Waals surface area contributed by atoms with Gasteiger partial charge < -0.3 is 20.9 Å². The number of carbonyl (C=O) groups excluding carboxylic acids is 1. The summed E-state index contributed by atoms with van der Waals surface area (Å²) in [5.74, 6) is 0.437. The molecule has 3 aromatic rings. The summed E-state index contributed by atoms with van der Waals surface area (Å²) in [5.41, 5.74) is 7.12. The number of fused-ring (bicyclic) bond motifs is 1. The van der Waals surface area contributed by atoms with Crippen molar-refractivity contribution < 1.29 is 14.6 Å². The van der Waals surface area contributed by atoms with E-state index >= 15 is 0 Å². The summed E-state index contributed by atoms with van der Waals surface area (Å²) >= 11 is 0. The van der Waals surface area contributed by atoms with E-state index in [9.17, 15) is 9.90 Å². The number of para-hydroxylation sites is 1. The van der Waals surface area contributed by atoms with Gasteiger partial charge in [0.05, 0.1) is 16.8 Å². The van der Waals surface area contributed by atoms with Gasteiger partial charge in [0.25, 0.3) is 5.91 Å². The number of nitrogens with zero attached hydrogens (tertiary/aromatic N) is 1. The predicted octanol–water partition coefficient (Wildman–Crippen LogP) is 2.40. The molecule has 0 radical (unpaired) electrons. The Morgan fingerprint density at radius 2 is 1.89 bits per heavy atom.